The molecule has 6 nitrogen and oxygen atoms in total. The monoisotopic (exact) mass is 452 g/mol. The zero-order valence-electron chi connectivity index (χ0n) is 19.5. The van der Waals surface area contributed by atoms with E-state index in [0.29, 0.717) is 19.0 Å². The van der Waals surface area contributed by atoms with Gasteiger partial charge in [-0.25, -0.2) is 4.98 Å². The summed E-state index contributed by atoms with van der Waals surface area (Å²) in [5, 5.41) is 5.46. The summed E-state index contributed by atoms with van der Waals surface area (Å²) in [6.45, 7) is 5.15. The largest absolute Gasteiger partial charge is 0.399 e. The number of rotatable bonds is 5. The number of anilines is 2. The van der Waals surface area contributed by atoms with Crippen molar-refractivity contribution in [2.75, 3.05) is 44.0 Å². The third-order valence-corrected chi connectivity index (χ3v) is 6.22. The lowest BCUT2D eigenvalue weighted by atomic mass is 9.89. The molecule has 3 aromatic carbocycles. The van der Waals surface area contributed by atoms with Crippen LogP contribution in [0.4, 0.5) is 11.5 Å². The summed E-state index contributed by atoms with van der Waals surface area (Å²) in [5.74, 6) is 0.553. The van der Waals surface area contributed by atoms with Crippen LogP contribution in [-0.2, 0) is 9.57 Å². The molecule has 2 N–H and O–H groups in total. The van der Waals surface area contributed by atoms with Crippen LogP contribution in [0.1, 0.15) is 16.7 Å². The van der Waals surface area contributed by atoms with E-state index in [-0.39, 0.29) is 0 Å². The second-order valence-corrected chi connectivity index (χ2v) is 8.39. The number of aryl methyl sites for hydroxylation is 1. The van der Waals surface area contributed by atoms with Gasteiger partial charge in [-0.15, -0.1) is 0 Å². The zero-order chi connectivity index (χ0) is 23.5. The fourth-order valence-electron chi connectivity index (χ4n) is 4.59. The van der Waals surface area contributed by atoms with E-state index in [2.05, 4.69) is 53.4 Å². The lowest BCUT2D eigenvalue weighted by Gasteiger charge is -2.29. The van der Waals surface area contributed by atoms with Crippen molar-refractivity contribution in [3.63, 3.8) is 0 Å². The highest BCUT2D eigenvalue weighted by Crippen LogP contribution is 2.34. The number of hydrogen-bond acceptors (Lipinski definition) is 6. The second-order valence-electron chi connectivity index (χ2n) is 8.39. The predicted octanol–water partition coefficient (Wildman–Crippen LogP) is 5.03. The van der Waals surface area contributed by atoms with Gasteiger partial charge in [-0.3, -0.25) is 0 Å². The molecule has 0 aliphatic carbocycles. The molecule has 0 spiro atoms. The van der Waals surface area contributed by atoms with Crippen LogP contribution in [0.3, 0.4) is 0 Å². The van der Waals surface area contributed by atoms with Gasteiger partial charge in [-0.2, -0.15) is 0 Å². The number of nitrogen functional groups attached to an aromatic ring is 1. The van der Waals surface area contributed by atoms with Crippen molar-refractivity contribution in [3.8, 4) is 11.1 Å². The third-order valence-electron chi connectivity index (χ3n) is 6.22. The third kappa shape index (κ3) is 4.20. The van der Waals surface area contributed by atoms with Crippen molar-refractivity contribution in [2.24, 2.45) is 5.16 Å². The van der Waals surface area contributed by atoms with Gasteiger partial charge in [-0.1, -0.05) is 59.8 Å². The van der Waals surface area contributed by atoms with Gasteiger partial charge in [0.15, 0.2) is 0 Å². The molecule has 1 aromatic heterocycles. The van der Waals surface area contributed by atoms with Crippen LogP contribution in [-0.4, -0.2) is 44.1 Å². The predicted molar refractivity (Wildman–Crippen MR) is 138 cm³/mol. The van der Waals surface area contributed by atoms with E-state index in [9.17, 15) is 0 Å². The Hall–Kier alpha value is -3.90. The van der Waals surface area contributed by atoms with Crippen molar-refractivity contribution in [2.45, 2.75) is 6.92 Å². The zero-order valence-corrected chi connectivity index (χ0v) is 19.5. The van der Waals surface area contributed by atoms with Crippen LogP contribution >= 0.6 is 0 Å². The summed E-state index contributed by atoms with van der Waals surface area (Å²) in [6.07, 6.45) is 0. The van der Waals surface area contributed by atoms with Crippen LogP contribution in [0.5, 0.6) is 0 Å². The minimum absolute atomic E-state index is 0.553. The number of nitrogens with two attached hydrogens (primary N) is 1. The van der Waals surface area contributed by atoms with E-state index in [1.165, 1.54) is 0 Å². The molecule has 1 saturated heterocycles. The van der Waals surface area contributed by atoms with Crippen LogP contribution in [0, 0.1) is 6.92 Å². The maximum absolute atomic E-state index is 6.33. The molecule has 0 atom stereocenters. The van der Waals surface area contributed by atoms with Gasteiger partial charge < -0.3 is 20.2 Å². The summed E-state index contributed by atoms with van der Waals surface area (Å²) in [5.41, 5.74) is 14.4. The van der Waals surface area contributed by atoms with E-state index < -0.39 is 0 Å². The molecule has 5 rings (SSSR count). The topological polar surface area (TPSA) is 73.0 Å². The van der Waals surface area contributed by atoms with Gasteiger partial charge in [0.1, 0.15) is 18.6 Å². The van der Waals surface area contributed by atoms with E-state index in [1.807, 2.05) is 36.4 Å². The van der Waals surface area contributed by atoms with Gasteiger partial charge in [-0.05, 0) is 41.8 Å². The number of fused-ring (bicyclic) bond motifs is 1. The second kappa shape index (κ2) is 9.53. The van der Waals surface area contributed by atoms with Gasteiger partial charge >= 0.3 is 0 Å². The molecule has 0 unspecified atom stereocenters. The quantitative estimate of drug-likeness (QED) is 0.340. The molecule has 0 radical (unpaired) electrons. The fourth-order valence-corrected chi connectivity index (χ4v) is 4.59. The first-order chi connectivity index (χ1) is 16.7. The maximum atomic E-state index is 6.33. The number of pyridine rings is 1. The average Bonchev–Trinajstić information content (AvgIpc) is 2.87. The van der Waals surface area contributed by atoms with Gasteiger partial charge in [0, 0.05) is 29.6 Å². The lowest BCUT2D eigenvalue weighted by molar-refractivity contribution is 0.123. The summed E-state index contributed by atoms with van der Waals surface area (Å²) in [7, 11) is 1.58. The molecule has 0 bridgehead atoms. The molecule has 1 aliphatic rings. The average molecular weight is 453 g/mol. The Morgan fingerprint density at radius 1 is 1.00 bits per heavy atom. The van der Waals surface area contributed by atoms with Crippen molar-refractivity contribution in [3.05, 3.63) is 89.5 Å². The molecule has 1 fully saturated rings. The molecule has 1 aliphatic heterocycles. The van der Waals surface area contributed by atoms with E-state index in [0.717, 1.165) is 63.2 Å². The molecule has 0 amide bonds. The number of ether oxygens (including phenoxy) is 1. The minimum atomic E-state index is 0.553. The number of nitrogens with zero attached hydrogens (tertiary/aromatic N) is 3. The molecule has 172 valence electrons. The first-order valence-corrected chi connectivity index (χ1v) is 11.5. The minimum Gasteiger partial charge on any atom is -0.399 e. The summed E-state index contributed by atoms with van der Waals surface area (Å²) >= 11 is 0. The maximum Gasteiger partial charge on any atom is 0.147 e. The molecule has 6 heteroatoms. The molecular weight excluding hydrogens is 424 g/mol. The van der Waals surface area contributed by atoms with Crippen molar-refractivity contribution in [1.29, 1.82) is 0 Å². The van der Waals surface area contributed by atoms with E-state index in [1.54, 1.807) is 7.11 Å². The standard InChI is InChI=1S/C28H28N4O2/c1-19-7-6-10-23(27(31-33-2)20-8-4-3-5-9-20)26(19)21-11-12-24-22(17-21)18-25(28(29)30-24)32-13-15-34-16-14-32/h3-12,17-18H,13-16H2,1-2H3,(H2,29,30). The Kier molecular flexibility index (Phi) is 6.14. The number of oxime groups is 1. The van der Waals surface area contributed by atoms with Gasteiger partial charge in [0.25, 0.3) is 0 Å². The number of aromatic nitrogens is 1. The Morgan fingerprint density at radius 3 is 2.56 bits per heavy atom. The first kappa shape index (κ1) is 21.9. The van der Waals surface area contributed by atoms with Crippen LogP contribution in [0.15, 0.2) is 78.0 Å². The van der Waals surface area contributed by atoms with Crippen molar-refractivity contribution in [1.82, 2.24) is 4.98 Å². The highest BCUT2D eigenvalue weighted by Gasteiger charge is 2.18. The van der Waals surface area contributed by atoms with Crippen LogP contribution in [0.2, 0.25) is 0 Å². The SMILES string of the molecule is CON=C(c1ccccc1)c1cccc(C)c1-c1ccc2nc(N)c(N3CCOCC3)cc2c1. The van der Waals surface area contributed by atoms with Gasteiger partial charge in [0.05, 0.1) is 24.4 Å². The summed E-state index contributed by atoms with van der Waals surface area (Å²) in [6, 6.07) is 24.9. The van der Waals surface area contributed by atoms with Crippen LogP contribution in [0.25, 0.3) is 22.0 Å². The molecular formula is C28H28N4O2. The Bertz CT molecular complexity index is 1350. The smallest absolute Gasteiger partial charge is 0.147 e. The first-order valence-electron chi connectivity index (χ1n) is 11.5. The molecule has 4 aromatic rings. The highest BCUT2D eigenvalue weighted by atomic mass is 16.6. The number of benzene rings is 3. The van der Waals surface area contributed by atoms with E-state index >= 15 is 0 Å². The Morgan fingerprint density at radius 2 is 1.79 bits per heavy atom. The van der Waals surface area contributed by atoms with Crippen molar-refractivity contribution < 1.29 is 9.57 Å². The van der Waals surface area contributed by atoms with Crippen LogP contribution < -0.4 is 10.6 Å². The molecule has 0 saturated carbocycles. The number of hydrogen-bond donors (Lipinski definition) is 1. The Balaban J connectivity index is 1.65. The van der Waals surface area contributed by atoms with E-state index in [4.69, 9.17) is 20.3 Å². The summed E-state index contributed by atoms with van der Waals surface area (Å²) in [4.78, 5) is 12.2. The fraction of sp³-hybridized carbons (Fsp3) is 0.214. The normalized spacial score (nSPS) is 14.4. The Labute approximate surface area is 199 Å². The molecule has 34 heavy (non-hydrogen) atoms. The lowest BCUT2D eigenvalue weighted by Crippen LogP contribution is -2.36. The number of morpholine rings is 1. The highest BCUT2D eigenvalue weighted by molar-refractivity contribution is 6.16. The molecule has 2 heterocycles. The van der Waals surface area contributed by atoms with Gasteiger partial charge in [0.2, 0.25) is 0 Å². The van der Waals surface area contributed by atoms with Crippen molar-refractivity contribution >= 4 is 28.1 Å². The summed E-state index contributed by atoms with van der Waals surface area (Å²) < 4.78 is 5.51.